The Labute approximate surface area is 106 Å². The molecule has 0 radical (unpaired) electrons. The van der Waals surface area contributed by atoms with Crippen LogP contribution in [0.1, 0.15) is 58.3 Å². The Kier molecular flexibility index (Phi) is 13.1. The van der Waals surface area contributed by atoms with Crippen molar-refractivity contribution < 1.29 is 31.8 Å². The molecular formula is C10H21LiO3S. The summed E-state index contributed by atoms with van der Waals surface area (Å²) in [6.07, 6.45) is 8.66. The van der Waals surface area contributed by atoms with E-state index >= 15 is 0 Å². The molecule has 0 aliphatic heterocycles. The summed E-state index contributed by atoms with van der Waals surface area (Å²) in [6, 6.07) is 0. The molecular weight excluding hydrogens is 207 g/mol. The van der Waals surface area contributed by atoms with Crippen LogP contribution >= 0.6 is 0 Å². The number of unbranched alkanes of at least 4 members (excludes halogenated alkanes) is 7. The van der Waals surface area contributed by atoms with Crippen molar-refractivity contribution in [2.75, 3.05) is 5.75 Å². The van der Waals surface area contributed by atoms with Crippen LogP contribution in [0.4, 0.5) is 0 Å². The third kappa shape index (κ3) is 17.1. The quantitative estimate of drug-likeness (QED) is 0.309. The van der Waals surface area contributed by atoms with Gasteiger partial charge in [0.25, 0.3) is 0 Å². The van der Waals surface area contributed by atoms with E-state index in [-0.39, 0.29) is 24.6 Å². The molecule has 0 spiro atoms. The molecule has 0 amide bonds. The van der Waals surface area contributed by atoms with Gasteiger partial charge in [-0.25, -0.2) is 8.42 Å². The minimum atomic E-state index is -3.98. The molecule has 0 rings (SSSR count). The Morgan fingerprint density at radius 1 is 0.867 bits per heavy atom. The first kappa shape index (κ1) is 17.9. The third-order valence-corrected chi connectivity index (χ3v) is 3.04. The Hall–Kier alpha value is 0.507. The zero-order valence-corrected chi connectivity index (χ0v) is 10.8. The second-order valence-electron chi connectivity index (χ2n) is 3.74. The summed E-state index contributed by atoms with van der Waals surface area (Å²) in [5, 5.41) is 0. The molecule has 0 fully saturated rings. The van der Waals surface area contributed by atoms with Gasteiger partial charge in [-0.1, -0.05) is 51.9 Å². The van der Waals surface area contributed by atoms with Crippen LogP contribution in [0.15, 0.2) is 0 Å². The summed E-state index contributed by atoms with van der Waals surface area (Å²) in [5.74, 6) is -0.193. The van der Waals surface area contributed by atoms with Gasteiger partial charge >= 0.3 is 18.9 Å². The van der Waals surface area contributed by atoms with Gasteiger partial charge in [0, 0.05) is 5.75 Å². The SMILES string of the molecule is CCCCCCCCCCS(=O)(=O)[O-].[Li+]. The zero-order valence-electron chi connectivity index (χ0n) is 10.00. The van der Waals surface area contributed by atoms with Gasteiger partial charge in [-0.3, -0.25) is 0 Å². The second-order valence-corrected chi connectivity index (χ2v) is 5.26. The van der Waals surface area contributed by atoms with Gasteiger partial charge in [-0.15, -0.1) is 0 Å². The fourth-order valence-corrected chi connectivity index (χ4v) is 1.97. The maximum absolute atomic E-state index is 10.2. The molecule has 0 aliphatic rings. The van der Waals surface area contributed by atoms with Crippen LogP contribution in [0, 0.1) is 0 Å². The minimum Gasteiger partial charge on any atom is -0.748 e. The third-order valence-electron chi connectivity index (χ3n) is 2.25. The molecule has 0 aromatic heterocycles. The van der Waals surface area contributed by atoms with E-state index in [1.165, 1.54) is 32.1 Å². The molecule has 0 unspecified atom stereocenters. The molecule has 0 aromatic carbocycles. The summed E-state index contributed by atoms with van der Waals surface area (Å²) in [6.45, 7) is 2.18. The number of hydrogen-bond donors (Lipinski definition) is 0. The van der Waals surface area contributed by atoms with Gasteiger partial charge in [0.2, 0.25) is 0 Å². The van der Waals surface area contributed by atoms with Gasteiger partial charge in [-0.05, 0) is 6.42 Å². The topological polar surface area (TPSA) is 57.2 Å². The van der Waals surface area contributed by atoms with E-state index in [2.05, 4.69) is 6.92 Å². The first-order valence-corrected chi connectivity index (χ1v) is 7.07. The summed E-state index contributed by atoms with van der Waals surface area (Å²) in [7, 11) is -3.98. The van der Waals surface area contributed by atoms with Crippen molar-refractivity contribution in [1.82, 2.24) is 0 Å². The van der Waals surface area contributed by atoms with Gasteiger partial charge in [0.15, 0.2) is 0 Å². The zero-order chi connectivity index (χ0) is 10.9. The van der Waals surface area contributed by atoms with E-state index in [1.807, 2.05) is 0 Å². The van der Waals surface area contributed by atoms with Gasteiger partial charge in [0.05, 0.1) is 10.1 Å². The molecule has 0 saturated carbocycles. The summed E-state index contributed by atoms with van der Waals surface area (Å²) in [4.78, 5) is 0. The number of rotatable bonds is 9. The van der Waals surface area contributed by atoms with Crippen LogP contribution in [0.5, 0.6) is 0 Å². The van der Waals surface area contributed by atoms with Crippen molar-refractivity contribution in [1.29, 1.82) is 0 Å². The molecule has 3 nitrogen and oxygen atoms in total. The van der Waals surface area contributed by atoms with Crippen molar-refractivity contribution in [3.05, 3.63) is 0 Å². The molecule has 0 saturated heterocycles. The van der Waals surface area contributed by atoms with E-state index < -0.39 is 10.1 Å². The largest absolute Gasteiger partial charge is 1.00 e. The molecule has 0 aliphatic carbocycles. The molecule has 0 N–H and O–H groups in total. The van der Waals surface area contributed by atoms with E-state index in [4.69, 9.17) is 0 Å². The fourth-order valence-electron chi connectivity index (χ4n) is 1.41. The summed E-state index contributed by atoms with van der Waals surface area (Å²) in [5.41, 5.74) is 0. The Morgan fingerprint density at radius 2 is 1.27 bits per heavy atom. The molecule has 86 valence electrons. The average molecular weight is 228 g/mol. The Bertz CT molecular complexity index is 215. The molecule has 15 heavy (non-hydrogen) atoms. The Balaban J connectivity index is 0. The molecule has 0 bridgehead atoms. The molecule has 0 atom stereocenters. The van der Waals surface area contributed by atoms with Crippen molar-refractivity contribution in [2.45, 2.75) is 58.3 Å². The van der Waals surface area contributed by atoms with Crippen molar-refractivity contribution >= 4 is 10.1 Å². The Morgan fingerprint density at radius 3 is 1.67 bits per heavy atom. The predicted molar refractivity (Wildman–Crippen MR) is 57.2 cm³/mol. The second kappa shape index (κ2) is 11.0. The average Bonchev–Trinajstić information content (AvgIpc) is 2.08. The standard InChI is InChI=1S/C10H22O3S.Li/c1-2-3-4-5-6-7-8-9-10-14(11,12)13;/h2-10H2,1H3,(H,11,12,13);/q;+1/p-1. The van der Waals surface area contributed by atoms with Crippen LogP contribution in [-0.4, -0.2) is 18.7 Å². The molecule has 0 heterocycles. The van der Waals surface area contributed by atoms with Crippen LogP contribution in [-0.2, 0) is 10.1 Å². The van der Waals surface area contributed by atoms with Crippen LogP contribution in [0.2, 0.25) is 0 Å². The van der Waals surface area contributed by atoms with Gasteiger partial charge < -0.3 is 4.55 Å². The van der Waals surface area contributed by atoms with E-state index in [1.54, 1.807) is 0 Å². The normalized spacial score (nSPS) is 11.1. The van der Waals surface area contributed by atoms with Crippen LogP contribution in [0.25, 0.3) is 0 Å². The van der Waals surface area contributed by atoms with Crippen LogP contribution in [0.3, 0.4) is 0 Å². The first-order valence-electron chi connectivity index (χ1n) is 5.50. The minimum absolute atomic E-state index is 0. The smallest absolute Gasteiger partial charge is 0.748 e. The summed E-state index contributed by atoms with van der Waals surface area (Å²) >= 11 is 0. The predicted octanol–water partition coefficient (Wildman–Crippen LogP) is -0.324. The molecule has 5 heteroatoms. The van der Waals surface area contributed by atoms with Crippen molar-refractivity contribution in [3.8, 4) is 0 Å². The maximum Gasteiger partial charge on any atom is 1.00 e. The maximum atomic E-state index is 10.2. The summed E-state index contributed by atoms with van der Waals surface area (Å²) < 4.78 is 30.7. The number of hydrogen-bond acceptors (Lipinski definition) is 3. The van der Waals surface area contributed by atoms with E-state index in [0.29, 0.717) is 6.42 Å². The van der Waals surface area contributed by atoms with Crippen molar-refractivity contribution in [2.24, 2.45) is 0 Å². The van der Waals surface area contributed by atoms with Crippen molar-refractivity contribution in [3.63, 3.8) is 0 Å². The van der Waals surface area contributed by atoms with Gasteiger partial charge in [0.1, 0.15) is 0 Å². The monoisotopic (exact) mass is 228 g/mol. The van der Waals surface area contributed by atoms with Crippen LogP contribution < -0.4 is 18.9 Å². The van der Waals surface area contributed by atoms with E-state index in [9.17, 15) is 13.0 Å². The first-order chi connectivity index (χ1) is 6.56. The van der Waals surface area contributed by atoms with Gasteiger partial charge in [-0.2, -0.15) is 0 Å². The van der Waals surface area contributed by atoms with E-state index in [0.717, 1.165) is 12.8 Å². The molecule has 0 aromatic rings. The fraction of sp³-hybridized carbons (Fsp3) is 1.00.